The van der Waals surface area contributed by atoms with Gasteiger partial charge in [0.1, 0.15) is 12.6 Å². The highest BCUT2D eigenvalue weighted by Gasteiger charge is 2.45. The third-order valence-electron chi connectivity index (χ3n) is 7.65. The zero-order valence-corrected chi connectivity index (χ0v) is 21.3. The minimum absolute atomic E-state index is 0.0840. The molecule has 0 radical (unpaired) electrons. The van der Waals surface area contributed by atoms with Gasteiger partial charge in [0.15, 0.2) is 0 Å². The van der Waals surface area contributed by atoms with Crippen LogP contribution in [0.3, 0.4) is 0 Å². The molecule has 0 heterocycles. The van der Waals surface area contributed by atoms with Crippen LogP contribution < -0.4 is 10.6 Å². The van der Waals surface area contributed by atoms with Gasteiger partial charge in [0, 0.05) is 5.92 Å². The largest absolute Gasteiger partial charge is 0.481 e. The monoisotopic (exact) mass is 480 g/mol. The van der Waals surface area contributed by atoms with Gasteiger partial charge in [-0.1, -0.05) is 68.8 Å². The summed E-state index contributed by atoms with van der Waals surface area (Å²) in [4.78, 5) is 37.7. The van der Waals surface area contributed by atoms with Crippen LogP contribution >= 0.6 is 0 Å². The molecular formula is C28H36N2O5. The van der Waals surface area contributed by atoms with E-state index in [1.54, 1.807) is 27.7 Å². The van der Waals surface area contributed by atoms with Gasteiger partial charge in [0.2, 0.25) is 5.91 Å². The fourth-order valence-corrected chi connectivity index (χ4v) is 4.28. The standard InChI is InChI=1S/C28H36N2O5/c1-7-17(2)23(24(31)30-28(5,6)27(3,4)25(32)33)29-26(34)35-16-22-20-14-10-8-12-18(20)19-13-9-11-15-21(19)22/h8-15,17,22-23H,7,16H2,1-6H3,(H,29,34)(H,30,31)(H,32,33). The van der Waals surface area contributed by atoms with Gasteiger partial charge in [-0.2, -0.15) is 0 Å². The lowest BCUT2D eigenvalue weighted by Crippen LogP contribution is -2.61. The quantitative estimate of drug-likeness (QED) is 0.471. The van der Waals surface area contributed by atoms with Crippen LogP contribution in [-0.4, -0.2) is 41.3 Å². The molecule has 0 spiro atoms. The van der Waals surface area contributed by atoms with E-state index in [1.807, 2.05) is 50.2 Å². The van der Waals surface area contributed by atoms with E-state index in [4.69, 9.17) is 4.74 Å². The Bertz CT molecular complexity index is 1060. The summed E-state index contributed by atoms with van der Waals surface area (Å²) in [7, 11) is 0. The Labute approximate surface area is 207 Å². The van der Waals surface area contributed by atoms with Crippen LogP contribution in [0.2, 0.25) is 0 Å². The first-order chi connectivity index (χ1) is 16.4. The summed E-state index contributed by atoms with van der Waals surface area (Å²) in [6.45, 7) is 10.4. The van der Waals surface area contributed by atoms with Crippen LogP contribution in [0, 0.1) is 11.3 Å². The molecule has 2 aromatic rings. The number of aliphatic carboxylic acids is 1. The molecule has 2 amide bonds. The second-order valence-electron chi connectivity index (χ2n) is 10.4. The van der Waals surface area contributed by atoms with Crippen LogP contribution in [0.1, 0.15) is 65.0 Å². The summed E-state index contributed by atoms with van der Waals surface area (Å²) in [5.74, 6) is -1.72. The van der Waals surface area contributed by atoms with Gasteiger partial charge < -0.3 is 20.5 Å². The SMILES string of the molecule is CCC(C)C(NC(=O)OCC1c2ccccc2-c2ccccc21)C(=O)NC(C)(C)C(C)(C)C(=O)O. The van der Waals surface area contributed by atoms with Gasteiger partial charge in [-0.05, 0) is 55.9 Å². The van der Waals surface area contributed by atoms with Crippen molar-refractivity contribution >= 4 is 18.0 Å². The van der Waals surface area contributed by atoms with E-state index >= 15 is 0 Å². The number of fused-ring (bicyclic) bond motifs is 3. The Morgan fingerprint density at radius 2 is 1.49 bits per heavy atom. The Balaban J connectivity index is 1.71. The second-order valence-corrected chi connectivity index (χ2v) is 10.4. The van der Waals surface area contributed by atoms with E-state index in [-0.39, 0.29) is 18.4 Å². The first-order valence-electron chi connectivity index (χ1n) is 12.1. The molecule has 0 aliphatic heterocycles. The van der Waals surface area contributed by atoms with Crippen LogP contribution in [-0.2, 0) is 14.3 Å². The van der Waals surface area contributed by atoms with Crippen molar-refractivity contribution in [3.63, 3.8) is 0 Å². The Kier molecular flexibility index (Phi) is 7.58. The average molecular weight is 481 g/mol. The van der Waals surface area contributed by atoms with E-state index in [0.717, 1.165) is 22.3 Å². The number of nitrogens with one attached hydrogen (secondary N) is 2. The number of alkyl carbamates (subject to hydrolysis) is 1. The molecular weight excluding hydrogens is 444 g/mol. The minimum Gasteiger partial charge on any atom is -0.481 e. The van der Waals surface area contributed by atoms with Crippen molar-refractivity contribution in [3.8, 4) is 11.1 Å². The molecule has 0 fully saturated rings. The maximum atomic E-state index is 13.2. The molecule has 35 heavy (non-hydrogen) atoms. The zero-order chi connectivity index (χ0) is 26.0. The zero-order valence-electron chi connectivity index (χ0n) is 21.3. The average Bonchev–Trinajstić information content (AvgIpc) is 3.13. The number of ether oxygens (including phenoxy) is 1. The molecule has 188 valence electrons. The van der Waals surface area contributed by atoms with Crippen molar-refractivity contribution in [2.45, 2.75) is 65.5 Å². The van der Waals surface area contributed by atoms with Gasteiger partial charge in [0.25, 0.3) is 0 Å². The van der Waals surface area contributed by atoms with E-state index in [1.165, 1.54) is 0 Å². The molecule has 7 nitrogen and oxygen atoms in total. The second kappa shape index (κ2) is 10.1. The van der Waals surface area contributed by atoms with Gasteiger partial charge in [0.05, 0.1) is 11.0 Å². The van der Waals surface area contributed by atoms with Crippen LogP contribution in [0.25, 0.3) is 11.1 Å². The number of carboxylic acid groups (broad SMARTS) is 1. The third-order valence-corrected chi connectivity index (χ3v) is 7.65. The summed E-state index contributed by atoms with van der Waals surface area (Å²) in [5.41, 5.74) is 2.22. The highest BCUT2D eigenvalue weighted by atomic mass is 16.5. The van der Waals surface area contributed by atoms with Crippen molar-refractivity contribution in [2.24, 2.45) is 11.3 Å². The van der Waals surface area contributed by atoms with Gasteiger partial charge >= 0.3 is 12.1 Å². The Hall–Kier alpha value is -3.35. The molecule has 3 rings (SSSR count). The topological polar surface area (TPSA) is 105 Å². The Morgan fingerprint density at radius 1 is 0.971 bits per heavy atom. The number of carbonyl (C=O) groups excluding carboxylic acids is 2. The molecule has 7 heteroatoms. The third kappa shape index (κ3) is 5.19. The number of carboxylic acids is 1. The number of hydrogen-bond acceptors (Lipinski definition) is 4. The van der Waals surface area contributed by atoms with Gasteiger partial charge in [-0.25, -0.2) is 4.79 Å². The number of carbonyl (C=O) groups is 3. The number of benzene rings is 2. The Morgan fingerprint density at radius 3 is 1.97 bits per heavy atom. The van der Waals surface area contributed by atoms with E-state index in [2.05, 4.69) is 22.8 Å². The molecule has 0 saturated heterocycles. The molecule has 2 unspecified atom stereocenters. The van der Waals surface area contributed by atoms with Crippen molar-refractivity contribution in [1.82, 2.24) is 10.6 Å². The van der Waals surface area contributed by atoms with E-state index < -0.39 is 35.0 Å². The van der Waals surface area contributed by atoms with Crippen molar-refractivity contribution in [1.29, 1.82) is 0 Å². The summed E-state index contributed by atoms with van der Waals surface area (Å²) in [5, 5.41) is 15.2. The van der Waals surface area contributed by atoms with E-state index in [0.29, 0.717) is 6.42 Å². The van der Waals surface area contributed by atoms with Crippen molar-refractivity contribution in [3.05, 3.63) is 59.7 Å². The maximum absolute atomic E-state index is 13.2. The van der Waals surface area contributed by atoms with Crippen molar-refractivity contribution in [2.75, 3.05) is 6.61 Å². The number of hydrogen-bond donors (Lipinski definition) is 3. The lowest BCUT2D eigenvalue weighted by molar-refractivity contribution is -0.152. The summed E-state index contributed by atoms with van der Waals surface area (Å²) >= 11 is 0. The molecule has 0 saturated carbocycles. The summed E-state index contributed by atoms with van der Waals surface area (Å²) < 4.78 is 5.63. The lowest BCUT2D eigenvalue weighted by Gasteiger charge is -2.40. The van der Waals surface area contributed by atoms with Crippen LogP contribution in [0.4, 0.5) is 4.79 Å². The highest BCUT2D eigenvalue weighted by molar-refractivity contribution is 5.87. The first kappa shape index (κ1) is 26.3. The molecule has 1 aliphatic rings. The number of amides is 2. The summed E-state index contributed by atoms with van der Waals surface area (Å²) in [6, 6.07) is 15.3. The maximum Gasteiger partial charge on any atom is 0.407 e. The number of rotatable bonds is 9. The normalized spacial score (nSPS) is 14.9. The fraction of sp³-hybridized carbons (Fsp3) is 0.464. The molecule has 2 atom stereocenters. The first-order valence-corrected chi connectivity index (χ1v) is 12.1. The fourth-order valence-electron chi connectivity index (χ4n) is 4.28. The van der Waals surface area contributed by atoms with Gasteiger partial charge in [-0.3, -0.25) is 9.59 Å². The molecule has 0 aromatic heterocycles. The van der Waals surface area contributed by atoms with Gasteiger partial charge in [-0.15, -0.1) is 0 Å². The summed E-state index contributed by atoms with van der Waals surface area (Å²) in [6.07, 6.45) is -0.0348. The van der Waals surface area contributed by atoms with Crippen molar-refractivity contribution < 1.29 is 24.2 Å². The van der Waals surface area contributed by atoms with E-state index in [9.17, 15) is 19.5 Å². The van der Waals surface area contributed by atoms with Crippen LogP contribution in [0.15, 0.2) is 48.5 Å². The molecule has 3 N–H and O–H groups in total. The smallest absolute Gasteiger partial charge is 0.407 e. The molecule has 2 aromatic carbocycles. The van der Waals surface area contributed by atoms with Crippen LogP contribution in [0.5, 0.6) is 0 Å². The minimum atomic E-state index is -1.22. The predicted octanol–water partition coefficient (Wildman–Crippen LogP) is 4.95. The molecule has 0 bridgehead atoms. The molecule has 1 aliphatic carbocycles. The highest BCUT2D eigenvalue weighted by Crippen LogP contribution is 2.44. The lowest BCUT2D eigenvalue weighted by atomic mass is 9.74. The predicted molar refractivity (Wildman–Crippen MR) is 135 cm³/mol.